The van der Waals surface area contributed by atoms with Gasteiger partial charge in [-0.05, 0) is 68.5 Å². The first-order chi connectivity index (χ1) is 16.0. The van der Waals surface area contributed by atoms with Crippen molar-refractivity contribution in [3.8, 4) is 11.8 Å². The average Bonchev–Trinajstić information content (AvgIpc) is 2.97. The number of hydrogen-bond acceptors (Lipinski definition) is 6. The molecule has 8 heteroatoms. The molecule has 0 radical (unpaired) electrons. The zero-order valence-electron chi connectivity index (χ0n) is 18.4. The predicted octanol–water partition coefficient (Wildman–Crippen LogP) is 5.96. The molecule has 2 heterocycles. The van der Waals surface area contributed by atoms with Crippen LogP contribution in [0.2, 0.25) is 5.02 Å². The molecule has 0 spiro atoms. The van der Waals surface area contributed by atoms with Crippen LogP contribution in [0.25, 0.3) is 0 Å². The Bertz CT molecular complexity index is 1170. The molecule has 170 valence electrons. The third-order valence-electron chi connectivity index (χ3n) is 5.58. The maximum Gasteiger partial charge on any atom is 0.247 e. The summed E-state index contributed by atoms with van der Waals surface area (Å²) < 4.78 is 5.75. The van der Waals surface area contributed by atoms with E-state index < -0.39 is 6.04 Å². The van der Waals surface area contributed by atoms with Crippen molar-refractivity contribution < 1.29 is 9.53 Å². The van der Waals surface area contributed by atoms with Gasteiger partial charge in [0.1, 0.15) is 29.5 Å². The number of hydrogen-bond donors (Lipinski definition) is 2. The molecule has 1 aliphatic carbocycles. The lowest BCUT2D eigenvalue weighted by molar-refractivity contribution is -0.116. The van der Waals surface area contributed by atoms with E-state index in [2.05, 4.69) is 21.7 Å². The first-order valence-electron chi connectivity index (χ1n) is 11.0. The molecular formula is C25H25ClN4O2S. The van der Waals surface area contributed by atoms with Crippen LogP contribution in [0, 0.1) is 11.3 Å². The summed E-state index contributed by atoms with van der Waals surface area (Å²) in [6, 6.07) is 12.7. The number of rotatable bonds is 7. The van der Waals surface area contributed by atoms with E-state index in [-0.39, 0.29) is 5.91 Å². The first kappa shape index (κ1) is 23.1. The van der Waals surface area contributed by atoms with Gasteiger partial charge in [-0.15, -0.1) is 11.3 Å². The minimum absolute atomic E-state index is 0.200. The lowest BCUT2D eigenvalue weighted by Crippen LogP contribution is -2.31. The second kappa shape index (κ2) is 10.7. The number of carbonyl (C=O) groups is 1. The van der Waals surface area contributed by atoms with Crippen molar-refractivity contribution in [2.24, 2.45) is 0 Å². The second-order valence-electron chi connectivity index (χ2n) is 7.99. The number of ether oxygens (including phenoxy) is 1. The van der Waals surface area contributed by atoms with E-state index in [0.717, 1.165) is 36.9 Å². The van der Waals surface area contributed by atoms with Gasteiger partial charge in [-0.2, -0.15) is 5.26 Å². The average molecular weight is 481 g/mol. The number of pyridine rings is 1. The Hall–Kier alpha value is -3.08. The molecule has 3 aromatic rings. The smallest absolute Gasteiger partial charge is 0.247 e. The minimum atomic E-state index is -0.519. The molecule has 0 saturated heterocycles. The van der Waals surface area contributed by atoms with Crippen molar-refractivity contribution in [1.29, 1.82) is 5.26 Å². The van der Waals surface area contributed by atoms with Gasteiger partial charge < -0.3 is 15.4 Å². The number of benzene rings is 1. The second-order valence-corrected chi connectivity index (χ2v) is 9.50. The molecule has 1 atom stereocenters. The van der Waals surface area contributed by atoms with Gasteiger partial charge >= 0.3 is 0 Å². The van der Waals surface area contributed by atoms with Crippen molar-refractivity contribution >= 4 is 39.5 Å². The molecule has 0 aliphatic heterocycles. The van der Waals surface area contributed by atoms with E-state index in [1.54, 1.807) is 25.3 Å². The predicted molar refractivity (Wildman–Crippen MR) is 132 cm³/mol. The Balaban J connectivity index is 1.38. The van der Waals surface area contributed by atoms with E-state index >= 15 is 0 Å². The molecule has 0 bridgehead atoms. The van der Waals surface area contributed by atoms with Crippen LogP contribution in [0.4, 0.5) is 10.7 Å². The van der Waals surface area contributed by atoms with Gasteiger partial charge in [-0.3, -0.25) is 9.78 Å². The molecule has 0 saturated carbocycles. The van der Waals surface area contributed by atoms with Crippen LogP contribution in [-0.2, 0) is 24.2 Å². The molecular weight excluding hydrogens is 456 g/mol. The van der Waals surface area contributed by atoms with Gasteiger partial charge in [0.2, 0.25) is 5.91 Å². The highest BCUT2D eigenvalue weighted by atomic mass is 35.5. The van der Waals surface area contributed by atoms with Crippen molar-refractivity contribution in [2.75, 3.05) is 10.6 Å². The number of nitriles is 1. The molecule has 1 aromatic carbocycles. The Kier molecular flexibility index (Phi) is 7.48. The summed E-state index contributed by atoms with van der Waals surface area (Å²) in [5, 5.41) is 16.9. The zero-order chi connectivity index (χ0) is 23.2. The van der Waals surface area contributed by atoms with E-state index in [9.17, 15) is 10.1 Å². The number of aromatic nitrogens is 1. The van der Waals surface area contributed by atoms with Crippen LogP contribution in [0.5, 0.6) is 5.75 Å². The van der Waals surface area contributed by atoms with Crippen LogP contribution in [0.1, 0.15) is 47.9 Å². The third-order valence-corrected chi connectivity index (χ3v) is 7.08. The monoisotopic (exact) mass is 480 g/mol. The number of thiophene rings is 1. The maximum atomic E-state index is 12.8. The van der Waals surface area contributed by atoms with Crippen molar-refractivity contribution in [1.82, 2.24) is 4.98 Å². The van der Waals surface area contributed by atoms with Gasteiger partial charge in [0.15, 0.2) is 0 Å². The quantitative estimate of drug-likeness (QED) is 0.407. The molecule has 1 aliphatic rings. The minimum Gasteiger partial charge on any atom is -0.486 e. The Morgan fingerprint density at radius 1 is 1.27 bits per heavy atom. The van der Waals surface area contributed by atoms with Crippen molar-refractivity contribution in [2.45, 2.75) is 51.7 Å². The van der Waals surface area contributed by atoms with Gasteiger partial charge in [0, 0.05) is 16.8 Å². The number of halogens is 1. The Morgan fingerprint density at radius 3 is 2.88 bits per heavy atom. The Labute approximate surface area is 202 Å². The van der Waals surface area contributed by atoms with Crippen molar-refractivity contribution in [3.63, 3.8) is 0 Å². The van der Waals surface area contributed by atoms with Gasteiger partial charge in [-0.1, -0.05) is 24.1 Å². The van der Waals surface area contributed by atoms with Crippen LogP contribution in [-0.4, -0.2) is 16.9 Å². The number of nitrogens with one attached hydrogen (secondary N) is 2. The van der Waals surface area contributed by atoms with Crippen LogP contribution in [0.15, 0.2) is 42.6 Å². The number of carbonyl (C=O) groups excluding carboxylic acids is 1. The van der Waals surface area contributed by atoms with Gasteiger partial charge in [-0.25, -0.2) is 0 Å². The highest BCUT2D eigenvalue weighted by Crippen LogP contribution is 2.37. The molecule has 1 unspecified atom stereocenters. The molecule has 6 nitrogen and oxygen atoms in total. The molecule has 33 heavy (non-hydrogen) atoms. The molecule has 1 amide bonds. The molecule has 2 aromatic heterocycles. The van der Waals surface area contributed by atoms with E-state index in [0.29, 0.717) is 33.6 Å². The number of amides is 1. The van der Waals surface area contributed by atoms with Crippen LogP contribution >= 0.6 is 22.9 Å². The Morgan fingerprint density at radius 2 is 2.12 bits per heavy atom. The standard InChI is InChI=1S/C25H25ClN4O2S/c1-16(24(31)30-25-20(14-27)19-8-3-2-4-9-23(19)33-25)29-17-10-11-22(21(26)13-17)32-15-18-7-5-6-12-28-18/h5-7,10-13,16,29H,2-4,8-9,15H2,1H3,(H,30,31). The lowest BCUT2D eigenvalue weighted by atomic mass is 10.1. The normalized spacial score (nSPS) is 13.8. The number of aryl methyl sites for hydroxylation is 1. The largest absolute Gasteiger partial charge is 0.486 e. The molecule has 2 N–H and O–H groups in total. The summed E-state index contributed by atoms with van der Waals surface area (Å²) in [6.07, 6.45) is 7.01. The number of nitrogens with zero attached hydrogens (tertiary/aromatic N) is 2. The summed E-state index contributed by atoms with van der Waals surface area (Å²) in [7, 11) is 0. The molecule has 4 rings (SSSR count). The maximum absolute atomic E-state index is 12.8. The lowest BCUT2D eigenvalue weighted by Gasteiger charge is -2.16. The number of fused-ring (bicyclic) bond motifs is 1. The van der Waals surface area contributed by atoms with E-state index in [1.165, 1.54) is 22.6 Å². The summed E-state index contributed by atoms with van der Waals surface area (Å²) in [5.41, 5.74) is 3.25. The fourth-order valence-electron chi connectivity index (χ4n) is 3.83. The SMILES string of the molecule is CC(Nc1ccc(OCc2ccccn2)c(Cl)c1)C(=O)Nc1sc2c(c1C#N)CCCCC2. The topological polar surface area (TPSA) is 87.0 Å². The molecule has 0 fully saturated rings. The highest BCUT2D eigenvalue weighted by molar-refractivity contribution is 7.16. The fraction of sp³-hybridized carbons (Fsp3) is 0.320. The van der Waals surface area contributed by atoms with E-state index in [4.69, 9.17) is 16.3 Å². The van der Waals surface area contributed by atoms with Gasteiger partial charge in [0.25, 0.3) is 0 Å². The summed E-state index contributed by atoms with van der Waals surface area (Å²) in [5.74, 6) is 0.346. The van der Waals surface area contributed by atoms with Crippen LogP contribution < -0.4 is 15.4 Å². The third kappa shape index (κ3) is 5.65. The highest BCUT2D eigenvalue weighted by Gasteiger charge is 2.22. The first-order valence-corrected chi connectivity index (χ1v) is 12.2. The van der Waals surface area contributed by atoms with Gasteiger partial charge in [0.05, 0.1) is 16.3 Å². The summed E-state index contributed by atoms with van der Waals surface area (Å²) in [6.45, 7) is 2.09. The summed E-state index contributed by atoms with van der Waals surface area (Å²) >= 11 is 7.91. The number of anilines is 2. The van der Waals surface area contributed by atoms with Crippen LogP contribution in [0.3, 0.4) is 0 Å². The fourth-order valence-corrected chi connectivity index (χ4v) is 5.31. The van der Waals surface area contributed by atoms with E-state index in [1.807, 2.05) is 24.3 Å². The zero-order valence-corrected chi connectivity index (χ0v) is 19.9. The summed E-state index contributed by atoms with van der Waals surface area (Å²) in [4.78, 5) is 18.3. The van der Waals surface area contributed by atoms with Crippen molar-refractivity contribution in [3.05, 3.63) is 69.3 Å².